The summed E-state index contributed by atoms with van der Waals surface area (Å²) in [4.78, 5) is 0. The lowest BCUT2D eigenvalue weighted by atomic mass is 9.78. The molecule has 1 aliphatic rings. The molecule has 0 unspecified atom stereocenters. The van der Waals surface area contributed by atoms with Crippen molar-refractivity contribution in [1.29, 1.82) is 0 Å². The zero-order valence-electron chi connectivity index (χ0n) is 18.2. The van der Waals surface area contributed by atoms with Crippen LogP contribution in [0, 0.1) is 24.5 Å². The van der Waals surface area contributed by atoms with Crippen molar-refractivity contribution in [3.63, 3.8) is 0 Å². The summed E-state index contributed by atoms with van der Waals surface area (Å²) < 4.78 is 43.6. The van der Waals surface area contributed by atoms with Crippen LogP contribution in [0.4, 0.5) is 13.2 Å². The van der Waals surface area contributed by atoms with Crippen molar-refractivity contribution in [2.75, 3.05) is 0 Å². The Morgan fingerprint density at radius 3 is 2.19 bits per heavy atom. The van der Waals surface area contributed by atoms with Gasteiger partial charge in [-0.25, -0.2) is 13.2 Å². The van der Waals surface area contributed by atoms with Crippen molar-refractivity contribution in [3.8, 4) is 11.1 Å². The van der Waals surface area contributed by atoms with E-state index >= 15 is 0 Å². The van der Waals surface area contributed by atoms with Crippen LogP contribution in [-0.4, -0.2) is 0 Å². The fourth-order valence-electron chi connectivity index (χ4n) is 4.10. The molecule has 31 heavy (non-hydrogen) atoms. The number of allylic oxidation sites excluding steroid dienone is 6. The first kappa shape index (κ1) is 22.9. The molecular weight excluding hydrogens is 393 g/mol. The summed E-state index contributed by atoms with van der Waals surface area (Å²) in [5.41, 5.74) is 3.46. The first-order valence-corrected chi connectivity index (χ1v) is 10.7. The molecule has 0 nitrogen and oxygen atoms in total. The van der Waals surface area contributed by atoms with Gasteiger partial charge in [0.15, 0.2) is 11.6 Å². The van der Waals surface area contributed by atoms with Gasteiger partial charge in [0.05, 0.1) is 0 Å². The first-order chi connectivity index (χ1) is 14.8. The minimum atomic E-state index is -0.778. The monoisotopic (exact) mass is 422 g/mol. The van der Waals surface area contributed by atoms with Crippen molar-refractivity contribution in [2.24, 2.45) is 5.92 Å². The van der Waals surface area contributed by atoms with Crippen molar-refractivity contribution in [1.82, 2.24) is 0 Å². The lowest BCUT2D eigenvalue weighted by Gasteiger charge is -2.27. The molecule has 0 aromatic heterocycles. The largest absolute Gasteiger partial charge is 0.206 e. The summed E-state index contributed by atoms with van der Waals surface area (Å²) in [5.74, 6) is -1.62. The standard InChI is InChI=1S/C28H29F3/c1-18(2)17-26(29)20(4)7-8-21-9-13-23(14-10-21)25-16-15-24(27(30)28(25)31)22-11-5-19(3)6-12-22/h5-8,11-12,15-17,21,23H,1,4,9-10,13-14H2,2-3H3/b8-7+,26-17+. The van der Waals surface area contributed by atoms with E-state index in [4.69, 9.17) is 0 Å². The molecule has 0 heterocycles. The molecule has 0 saturated heterocycles. The summed E-state index contributed by atoms with van der Waals surface area (Å²) in [7, 11) is 0. The summed E-state index contributed by atoms with van der Waals surface area (Å²) >= 11 is 0. The molecule has 1 aliphatic carbocycles. The van der Waals surface area contributed by atoms with Gasteiger partial charge in [0, 0.05) is 11.1 Å². The number of hydrogen-bond donors (Lipinski definition) is 0. The molecule has 2 aromatic carbocycles. The normalized spacial score (nSPS) is 19.6. The van der Waals surface area contributed by atoms with Crippen LogP contribution in [0.2, 0.25) is 0 Å². The highest BCUT2D eigenvalue weighted by molar-refractivity contribution is 5.65. The van der Waals surface area contributed by atoms with E-state index in [-0.39, 0.29) is 17.7 Å². The Hall–Kier alpha value is -2.81. The third-order valence-corrected chi connectivity index (χ3v) is 5.94. The molecule has 1 saturated carbocycles. The molecular formula is C28H29F3. The predicted octanol–water partition coefficient (Wildman–Crippen LogP) is 8.76. The average Bonchev–Trinajstić information content (AvgIpc) is 2.74. The van der Waals surface area contributed by atoms with Crippen LogP contribution in [0.5, 0.6) is 0 Å². The molecule has 0 amide bonds. The molecule has 0 radical (unpaired) electrons. The van der Waals surface area contributed by atoms with E-state index in [0.29, 0.717) is 27.8 Å². The number of hydrogen-bond acceptors (Lipinski definition) is 0. The lowest BCUT2D eigenvalue weighted by molar-refractivity contribution is 0.364. The van der Waals surface area contributed by atoms with Crippen LogP contribution in [0.15, 0.2) is 84.8 Å². The van der Waals surface area contributed by atoms with Gasteiger partial charge in [-0.2, -0.15) is 0 Å². The highest BCUT2D eigenvalue weighted by atomic mass is 19.2. The molecule has 2 aromatic rings. The smallest absolute Gasteiger partial charge is 0.166 e. The van der Waals surface area contributed by atoms with Gasteiger partial charge in [-0.1, -0.05) is 72.8 Å². The maximum absolute atomic E-state index is 14.9. The van der Waals surface area contributed by atoms with E-state index < -0.39 is 11.6 Å². The van der Waals surface area contributed by atoms with Crippen LogP contribution < -0.4 is 0 Å². The molecule has 0 N–H and O–H groups in total. The quantitative estimate of drug-likeness (QED) is 0.408. The van der Waals surface area contributed by atoms with Gasteiger partial charge in [0.1, 0.15) is 5.83 Å². The van der Waals surface area contributed by atoms with E-state index in [2.05, 4.69) is 13.2 Å². The lowest BCUT2D eigenvalue weighted by Crippen LogP contribution is -2.13. The van der Waals surface area contributed by atoms with Crippen LogP contribution in [-0.2, 0) is 0 Å². The number of halogens is 3. The Morgan fingerprint density at radius 1 is 0.935 bits per heavy atom. The number of rotatable bonds is 6. The van der Waals surface area contributed by atoms with Crippen LogP contribution in [0.3, 0.4) is 0 Å². The van der Waals surface area contributed by atoms with E-state index in [1.165, 1.54) is 6.08 Å². The van der Waals surface area contributed by atoms with E-state index in [1.807, 2.05) is 37.3 Å². The van der Waals surface area contributed by atoms with Crippen molar-refractivity contribution in [2.45, 2.75) is 45.4 Å². The maximum Gasteiger partial charge on any atom is 0.166 e. The molecule has 0 aliphatic heterocycles. The molecule has 3 rings (SSSR count). The Bertz CT molecular complexity index is 1020. The first-order valence-electron chi connectivity index (χ1n) is 10.7. The fraction of sp³-hybridized carbons (Fsp3) is 0.286. The topological polar surface area (TPSA) is 0 Å². The van der Waals surface area contributed by atoms with E-state index in [0.717, 1.165) is 31.2 Å². The highest BCUT2D eigenvalue weighted by Crippen LogP contribution is 2.39. The second-order valence-corrected chi connectivity index (χ2v) is 8.53. The van der Waals surface area contributed by atoms with Crippen molar-refractivity contribution >= 4 is 0 Å². The minimum Gasteiger partial charge on any atom is -0.206 e. The van der Waals surface area contributed by atoms with E-state index in [9.17, 15) is 13.2 Å². The van der Waals surface area contributed by atoms with Gasteiger partial charge in [-0.15, -0.1) is 0 Å². The highest BCUT2D eigenvalue weighted by Gasteiger charge is 2.25. The third-order valence-electron chi connectivity index (χ3n) is 5.94. The predicted molar refractivity (Wildman–Crippen MR) is 124 cm³/mol. The zero-order valence-corrected chi connectivity index (χ0v) is 18.2. The van der Waals surface area contributed by atoms with Crippen molar-refractivity contribution < 1.29 is 13.2 Å². The van der Waals surface area contributed by atoms with Crippen molar-refractivity contribution in [3.05, 3.63) is 108 Å². The van der Waals surface area contributed by atoms with Gasteiger partial charge in [0.25, 0.3) is 0 Å². The Balaban J connectivity index is 1.66. The molecule has 0 spiro atoms. The number of aryl methyl sites for hydroxylation is 1. The zero-order chi connectivity index (χ0) is 22.5. The molecule has 162 valence electrons. The molecule has 1 fully saturated rings. The van der Waals surface area contributed by atoms with Crippen LogP contribution in [0.1, 0.15) is 49.7 Å². The molecule has 0 atom stereocenters. The number of benzene rings is 2. The van der Waals surface area contributed by atoms with Gasteiger partial charge in [-0.3, -0.25) is 0 Å². The molecule has 3 heteroatoms. The Kier molecular flexibility index (Phi) is 7.37. The maximum atomic E-state index is 14.9. The fourth-order valence-corrected chi connectivity index (χ4v) is 4.10. The summed E-state index contributed by atoms with van der Waals surface area (Å²) in [6.07, 6.45) is 8.28. The minimum absolute atomic E-state index is 0.00512. The van der Waals surface area contributed by atoms with Gasteiger partial charge in [0.2, 0.25) is 0 Å². The second kappa shape index (κ2) is 10.00. The van der Waals surface area contributed by atoms with Gasteiger partial charge < -0.3 is 0 Å². The van der Waals surface area contributed by atoms with Crippen LogP contribution in [0.25, 0.3) is 11.1 Å². The Labute approximate surface area is 183 Å². The summed E-state index contributed by atoms with van der Waals surface area (Å²) in [6.45, 7) is 11.1. The summed E-state index contributed by atoms with van der Waals surface area (Å²) in [6, 6.07) is 10.8. The summed E-state index contributed by atoms with van der Waals surface area (Å²) in [5, 5.41) is 0. The van der Waals surface area contributed by atoms with E-state index in [1.54, 1.807) is 25.1 Å². The SMILES string of the molecule is C=C(C)/C=C(/F)C(=C)/C=C/C1CCC(c2ccc(-c3ccc(C)cc3)c(F)c2F)CC1. The van der Waals surface area contributed by atoms with Gasteiger partial charge >= 0.3 is 0 Å². The second-order valence-electron chi connectivity index (χ2n) is 8.53. The third kappa shape index (κ3) is 5.66. The van der Waals surface area contributed by atoms with Crippen LogP contribution >= 0.6 is 0 Å². The average molecular weight is 423 g/mol. The Morgan fingerprint density at radius 2 is 1.58 bits per heavy atom. The van der Waals surface area contributed by atoms with Gasteiger partial charge in [-0.05, 0) is 68.6 Å². The molecule has 0 bridgehead atoms.